The summed E-state index contributed by atoms with van der Waals surface area (Å²) in [5, 5.41) is 21.2. The van der Waals surface area contributed by atoms with Crippen molar-refractivity contribution < 1.29 is 34.0 Å². The molecule has 8 rings (SSSR count). The number of hydrogen-bond acceptors (Lipinski definition) is 7. The molecule has 0 amide bonds. The second-order valence-electron chi connectivity index (χ2n) is 8.01. The van der Waals surface area contributed by atoms with Crippen LogP contribution in [0.1, 0.15) is 38.7 Å². The molecule has 27 heavy (non-hydrogen) atoms. The molecule has 7 nitrogen and oxygen atoms in total. The highest BCUT2D eigenvalue weighted by Crippen LogP contribution is 2.71. The highest BCUT2D eigenvalue weighted by Gasteiger charge is 2.80. The summed E-state index contributed by atoms with van der Waals surface area (Å²) in [5.41, 5.74) is 1.98. The SMILES string of the molecule is O=C1c2cccc3c2[C@]2(O[C@@]4(O3)c3c2ccc(O)c3C(O)[C@H]2O[C@H]24)[C@@H]2O[C@H]12. The minimum absolute atomic E-state index is 0.0184. The maximum atomic E-state index is 12.7. The lowest BCUT2D eigenvalue weighted by molar-refractivity contribution is -0.264. The zero-order chi connectivity index (χ0) is 17.9. The van der Waals surface area contributed by atoms with Crippen molar-refractivity contribution in [2.45, 2.75) is 41.9 Å². The van der Waals surface area contributed by atoms with E-state index in [0.29, 0.717) is 28.0 Å². The third-order valence-electron chi connectivity index (χ3n) is 6.87. The minimum Gasteiger partial charge on any atom is -0.508 e. The smallest absolute Gasteiger partial charge is 0.268 e. The van der Waals surface area contributed by atoms with Crippen LogP contribution in [-0.4, -0.2) is 40.4 Å². The van der Waals surface area contributed by atoms with Crippen LogP contribution in [-0.2, 0) is 25.6 Å². The van der Waals surface area contributed by atoms with E-state index in [1.807, 2.05) is 6.07 Å². The van der Waals surface area contributed by atoms with E-state index in [4.69, 9.17) is 18.9 Å². The first kappa shape index (κ1) is 13.7. The number of hydrogen-bond donors (Lipinski definition) is 2. The lowest BCUT2D eigenvalue weighted by Crippen LogP contribution is -2.52. The number of ether oxygens (including phenoxy) is 4. The molecule has 4 heterocycles. The van der Waals surface area contributed by atoms with Gasteiger partial charge in [-0.25, -0.2) is 0 Å². The molecule has 2 bridgehead atoms. The van der Waals surface area contributed by atoms with Gasteiger partial charge < -0.3 is 29.2 Å². The fourth-order valence-electron chi connectivity index (χ4n) is 5.78. The summed E-state index contributed by atoms with van der Waals surface area (Å²) in [5.74, 6) is -0.774. The molecule has 2 saturated heterocycles. The molecule has 2 aliphatic carbocycles. The Morgan fingerprint density at radius 3 is 2.81 bits per heavy atom. The molecule has 1 unspecified atom stereocenters. The summed E-state index contributed by atoms with van der Waals surface area (Å²) in [6, 6.07) is 8.72. The number of carbonyl (C=O) groups excluding carboxylic acids is 1. The van der Waals surface area contributed by atoms with E-state index in [0.717, 1.165) is 5.56 Å². The van der Waals surface area contributed by atoms with Crippen molar-refractivity contribution in [3.8, 4) is 11.5 Å². The number of epoxide rings is 2. The Morgan fingerprint density at radius 1 is 1.04 bits per heavy atom. The number of carbonyl (C=O) groups is 1. The third kappa shape index (κ3) is 1.15. The summed E-state index contributed by atoms with van der Waals surface area (Å²) < 4.78 is 24.5. The second kappa shape index (κ2) is 3.62. The van der Waals surface area contributed by atoms with E-state index in [1.54, 1.807) is 24.3 Å². The van der Waals surface area contributed by atoms with Gasteiger partial charge in [-0.2, -0.15) is 0 Å². The van der Waals surface area contributed by atoms with Gasteiger partial charge in [0.15, 0.2) is 23.6 Å². The maximum absolute atomic E-state index is 12.7. The fraction of sp³-hybridized carbons (Fsp3) is 0.350. The van der Waals surface area contributed by atoms with Gasteiger partial charge in [0.05, 0.1) is 0 Å². The Hall–Kier alpha value is -2.45. The normalized spacial score (nSPS) is 45.2. The molecule has 7 heteroatoms. The van der Waals surface area contributed by atoms with E-state index >= 15 is 0 Å². The molecule has 6 aliphatic rings. The molecular formula is C20H12O7. The fourth-order valence-corrected chi connectivity index (χ4v) is 5.78. The molecule has 2 fully saturated rings. The van der Waals surface area contributed by atoms with Crippen molar-refractivity contribution >= 4 is 5.78 Å². The van der Waals surface area contributed by atoms with Gasteiger partial charge in [0.2, 0.25) is 0 Å². The molecule has 0 saturated carbocycles. The predicted molar refractivity (Wildman–Crippen MR) is 85.3 cm³/mol. The molecule has 2 N–H and O–H groups in total. The van der Waals surface area contributed by atoms with Crippen molar-refractivity contribution in [1.29, 1.82) is 0 Å². The summed E-state index contributed by atoms with van der Waals surface area (Å²) in [4.78, 5) is 12.7. The van der Waals surface area contributed by atoms with Crippen LogP contribution >= 0.6 is 0 Å². The molecule has 4 aliphatic heterocycles. The number of benzene rings is 2. The molecule has 0 radical (unpaired) electrons. The summed E-state index contributed by atoms with van der Waals surface area (Å²) >= 11 is 0. The highest BCUT2D eigenvalue weighted by atomic mass is 16.8. The van der Waals surface area contributed by atoms with Crippen molar-refractivity contribution in [1.82, 2.24) is 0 Å². The summed E-state index contributed by atoms with van der Waals surface area (Å²) in [7, 11) is 0. The topological polar surface area (TPSA) is 101 Å². The molecular weight excluding hydrogens is 352 g/mol. The van der Waals surface area contributed by atoms with E-state index in [9.17, 15) is 15.0 Å². The largest absolute Gasteiger partial charge is 0.508 e. The van der Waals surface area contributed by atoms with Gasteiger partial charge in [-0.1, -0.05) is 18.2 Å². The van der Waals surface area contributed by atoms with Gasteiger partial charge in [-0.3, -0.25) is 4.79 Å². The lowest BCUT2D eigenvalue weighted by Gasteiger charge is -2.43. The van der Waals surface area contributed by atoms with E-state index in [1.165, 1.54) is 0 Å². The Bertz CT molecular complexity index is 1140. The lowest BCUT2D eigenvalue weighted by atomic mass is 9.72. The van der Waals surface area contributed by atoms with Crippen LogP contribution in [0.5, 0.6) is 11.5 Å². The number of rotatable bonds is 0. The van der Waals surface area contributed by atoms with Crippen LogP contribution < -0.4 is 4.74 Å². The van der Waals surface area contributed by atoms with E-state index in [2.05, 4.69) is 0 Å². The number of aromatic hydroxyl groups is 1. The van der Waals surface area contributed by atoms with Crippen LogP contribution in [0.3, 0.4) is 0 Å². The van der Waals surface area contributed by atoms with Gasteiger partial charge in [0.25, 0.3) is 5.79 Å². The number of aliphatic hydroxyl groups excluding tert-OH is 1. The zero-order valence-electron chi connectivity index (χ0n) is 13.7. The van der Waals surface area contributed by atoms with Gasteiger partial charge in [-0.05, 0) is 12.1 Å². The summed E-state index contributed by atoms with van der Waals surface area (Å²) in [6.45, 7) is 0. The first-order valence-electron chi connectivity index (χ1n) is 9.00. The second-order valence-corrected chi connectivity index (χ2v) is 8.01. The van der Waals surface area contributed by atoms with Crippen LogP contribution in [0.4, 0.5) is 0 Å². The van der Waals surface area contributed by atoms with Crippen molar-refractivity contribution in [2.75, 3.05) is 0 Å². The average molecular weight is 364 g/mol. The number of ketones is 1. The van der Waals surface area contributed by atoms with Gasteiger partial charge >= 0.3 is 0 Å². The molecule has 2 spiro atoms. The number of fused-ring (bicyclic) bond motifs is 2. The van der Waals surface area contributed by atoms with Gasteiger partial charge in [-0.15, -0.1) is 0 Å². The average Bonchev–Trinajstić information content (AvgIpc) is 3.56. The first-order valence-corrected chi connectivity index (χ1v) is 9.00. The minimum atomic E-state index is -1.25. The quantitative estimate of drug-likeness (QED) is 0.672. The molecule has 134 valence electrons. The van der Waals surface area contributed by atoms with Crippen molar-refractivity contribution in [3.05, 3.63) is 58.1 Å². The monoisotopic (exact) mass is 364 g/mol. The van der Waals surface area contributed by atoms with Crippen LogP contribution in [0.25, 0.3) is 0 Å². The molecule has 0 aromatic heterocycles. The Morgan fingerprint density at radius 2 is 1.93 bits per heavy atom. The number of phenolic OH excluding ortho intramolecular Hbond substituents is 1. The van der Waals surface area contributed by atoms with Crippen LogP contribution in [0.15, 0.2) is 30.3 Å². The zero-order valence-corrected chi connectivity index (χ0v) is 13.7. The molecule has 2 aromatic rings. The molecule has 2 aromatic carbocycles. The van der Waals surface area contributed by atoms with Crippen LogP contribution in [0, 0.1) is 0 Å². The third-order valence-corrected chi connectivity index (χ3v) is 6.87. The molecule has 7 atom stereocenters. The van der Waals surface area contributed by atoms with E-state index < -0.39 is 41.9 Å². The van der Waals surface area contributed by atoms with Crippen molar-refractivity contribution in [3.63, 3.8) is 0 Å². The van der Waals surface area contributed by atoms with E-state index in [-0.39, 0.29) is 11.5 Å². The number of phenols is 1. The standard InChI is InChI=1S/C20H12O7/c21-8-5-4-7-12-10(8)14(23)16-18(25-16)20(12)26-9-3-1-2-6-11(9)19(7,27-20)17-15(24-17)13(6)22/h1-5,14-18,21,23H/t14?,15-,16-,17-,18-,19+,20+/m1/s1. The number of Topliss-reactive ketones (excluding diaryl/α,β-unsaturated/α-hetero) is 1. The maximum Gasteiger partial charge on any atom is 0.268 e. The van der Waals surface area contributed by atoms with Gasteiger partial charge in [0, 0.05) is 27.8 Å². The predicted octanol–water partition coefficient (Wildman–Crippen LogP) is 0.989. The summed E-state index contributed by atoms with van der Waals surface area (Å²) in [6.07, 6.45) is -2.94. The Labute approximate surface area is 152 Å². The Balaban J connectivity index is 1.57. The first-order chi connectivity index (χ1) is 13.1. The van der Waals surface area contributed by atoms with Crippen molar-refractivity contribution in [2.24, 2.45) is 0 Å². The van der Waals surface area contributed by atoms with Crippen LogP contribution in [0.2, 0.25) is 0 Å². The number of aliphatic hydroxyl groups is 1. The van der Waals surface area contributed by atoms with Gasteiger partial charge in [0.1, 0.15) is 29.8 Å². The Kier molecular flexibility index (Phi) is 1.83. The highest BCUT2D eigenvalue weighted by molar-refractivity contribution is 6.06.